The van der Waals surface area contributed by atoms with Gasteiger partial charge in [0.2, 0.25) is 5.91 Å². The van der Waals surface area contributed by atoms with Crippen molar-refractivity contribution in [1.82, 2.24) is 15.5 Å². The Kier molecular flexibility index (Phi) is 3.32. The molecule has 102 valence electrons. The SMILES string of the molecule is CNC1CCN(C(=O)[C@@]23CCCC[C@H]2CNC3)C1. The lowest BCUT2D eigenvalue weighted by Crippen LogP contribution is -2.49. The van der Waals surface area contributed by atoms with Crippen molar-refractivity contribution >= 4 is 5.91 Å². The van der Waals surface area contributed by atoms with Crippen LogP contribution in [0.25, 0.3) is 0 Å². The quantitative estimate of drug-likeness (QED) is 0.755. The number of fused-ring (bicyclic) bond motifs is 1. The second-order valence-corrected chi connectivity index (χ2v) is 6.26. The summed E-state index contributed by atoms with van der Waals surface area (Å²) in [6.45, 7) is 3.81. The molecule has 0 radical (unpaired) electrons. The van der Waals surface area contributed by atoms with E-state index in [0.29, 0.717) is 17.9 Å². The van der Waals surface area contributed by atoms with Crippen molar-refractivity contribution in [1.29, 1.82) is 0 Å². The molecule has 18 heavy (non-hydrogen) atoms. The number of amides is 1. The first-order valence-electron chi connectivity index (χ1n) is 7.43. The third-order valence-electron chi connectivity index (χ3n) is 5.35. The predicted molar refractivity (Wildman–Crippen MR) is 71.3 cm³/mol. The number of likely N-dealkylation sites (tertiary alicyclic amines) is 1. The molecule has 1 aliphatic carbocycles. The van der Waals surface area contributed by atoms with Crippen LogP contribution in [0, 0.1) is 11.3 Å². The average molecular weight is 251 g/mol. The number of rotatable bonds is 2. The molecule has 0 aromatic carbocycles. The summed E-state index contributed by atoms with van der Waals surface area (Å²) in [6, 6.07) is 0.502. The maximum absolute atomic E-state index is 12.9. The van der Waals surface area contributed by atoms with Gasteiger partial charge in [-0.1, -0.05) is 12.8 Å². The standard InChI is InChI=1S/C14H25N3O/c1-15-12-5-7-17(9-12)13(18)14-6-3-2-4-11(14)8-16-10-14/h11-12,15-16H,2-10H2,1H3/t11-,12?,14+/m0/s1. The van der Waals surface area contributed by atoms with E-state index >= 15 is 0 Å². The summed E-state index contributed by atoms with van der Waals surface area (Å²) in [6.07, 6.45) is 5.98. The molecule has 0 spiro atoms. The van der Waals surface area contributed by atoms with Crippen molar-refractivity contribution in [3.05, 3.63) is 0 Å². The first kappa shape index (κ1) is 12.4. The minimum Gasteiger partial charge on any atom is -0.341 e. The molecule has 2 aliphatic heterocycles. The van der Waals surface area contributed by atoms with Gasteiger partial charge in [0.05, 0.1) is 5.41 Å². The predicted octanol–water partition coefficient (Wildman–Crippen LogP) is 0.587. The Morgan fingerprint density at radius 2 is 2.28 bits per heavy atom. The van der Waals surface area contributed by atoms with Gasteiger partial charge in [-0.15, -0.1) is 0 Å². The summed E-state index contributed by atoms with van der Waals surface area (Å²) in [5.41, 5.74) is -0.0547. The van der Waals surface area contributed by atoms with Crippen LogP contribution in [0.4, 0.5) is 0 Å². The van der Waals surface area contributed by atoms with E-state index in [4.69, 9.17) is 0 Å². The van der Waals surface area contributed by atoms with E-state index in [2.05, 4.69) is 15.5 Å². The highest BCUT2D eigenvalue weighted by molar-refractivity contribution is 5.84. The molecular weight excluding hydrogens is 226 g/mol. The van der Waals surface area contributed by atoms with Crippen LogP contribution in [0.1, 0.15) is 32.1 Å². The summed E-state index contributed by atoms with van der Waals surface area (Å²) >= 11 is 0. The molecule has 1 amide bonds. The van der Waals surface area contributed by atoms with Crippen LogP contribution in [0.15, 0.2) is 0 Å². The van der Waals surface area contributed by atoms with Gasteiger partial charge in [-0.25, -0.2) is 0 Å². The summed E-state index contributed by atoms with van der Waals surface area (Å²) in [7, 11) is 2.00. The minimum absolute atomic E-state index is 0.0547. The summed E-state index contributed by atoms with van der Waals surface area (Å²) < 4.78 is 0. The normalized spacial score (nSPS) is 39.9. The van der Waals surface area contributed by atoms with Gasteiger partial charge in [0.25, 0.3) is 0 Å². The molecule has 3 fully saturated rings. The van der Waals surface area contributed by atoms with Gasteiger partial charge in [-0.05, 0) is 38.8 Å². The summed E-state index contributed by atoms with van der Waals surface area (Å²) in [5.74, 6) is 1.03. The fourth-order valence-electron chi connectivity index (χ4n) is 4.16. The molecule has 2 N–H and O–H groups in total. The van der Waals surface area contributed by atoms with Crippen molar-refractivity contribution in [3.8, 4) is 0 Å². The molecular formula is C14H25N3O. The van der Waals surface area contributed by atoms with E-state index in [0.717, 1.165) is 39.0 Å². The molecule has 0 bridgehead atoms. The Labute approximate surface area is 109 Å². The molecule has 1 unspecified atom stereocenters. The molecule has 0 aromatic rings. The van der Waals surface area contributed by atoms with E-state index in [-0.39, 0.29) is 5.41 Å². The van der Waals surface area contributed by atoms with Gasteiger partial charge in [0, 0.05) is 25.7 Å². The van der Waals surface area contributed by atoms with Gasteiger partial charge in [0.15, 0.2) is 0 Å². The van der Waals surface area contributed by atoms with E-state index < -0.39 is 0 Å². The van der Waals surface area contributed by atoms with Crippen molar-refractivity contribution in [3.63, 3.8) is 0 Å². The zero-order valence-electron chi connectivity index (χ0n) is 11.4. The smallest absolute Gasteiger partial charge is 0.230 e. The lowest BCUT2D eigenvalue weighted by molar-refractivity contribution is -0.144. The minimum atomic E-state index is -0.0547. The van der Waals surface area contributed by atoms with Crippen molar-refractivity contribution < 1.29 is 4.79 Å². The highest BCUT2D eigenvalue weighted by Gasteiger charge is 2.51. The fourth-order valence-corrected chi connectivity index (χ4v) is 4.16. The van der Waals surface area contributed by atoms with Crippen LogP contribution in [-0.4, -0.2) is 50.1 Å². The molecule has 3 rings (SSSR count). The maximum atomic E-state index is 12.9. The first-order valence-corrected chi connectivity index (χ1v) is 7.43. The van der Waals surface area contributed by atoms with Crippen LogP contribution in [-0.2, 0) is 4.79 Å². The van der Waals surface area contributed by atoms with Crippen molar-refractivity contribution in [2.24, 2.45) is 11.3 Å². The Hall–Kier alpha value is -0.610. The van der Waals surface area contributed by atoms with Gasteiger partial charge < -0.3 is 15.5 Å². The summed E-state index contributed by atoms with van der Waals surface area (Å²) in [4.78, 5) is 15.0. The Balaban J connectivity index is 1.74. The third kappa shape index (κ3) is 1.86. The molecule has 4 nitrogen and oxygen atoms in total. The van der Waals surface area contributed by atoms with Crippen LogP contribution >= 0.6 is 0 Å². The summed E-state index contributed by atoms with van der Waals surface area (Å²) in [5, 5.41) is 6.77. The van der Waals surface area contributed by atoms with Gasteiger partial charge in [-0.2, -0.15) is 0 Å². The topological polar surface area (TPSA) is 44.4 Å². The highest BCUT2D eigenvalue weighted by Crippen LogP contribution is 2.45. The number of likely N-dealkylation sites (N-methyl/N-ethyl adjacent to an activating group) is 1. The average Bonchev–Trinajstić information content (AvgIpc) is 3.05. The Morgan fingerprint density at radius 3 is 3.06 bits per heavy atom. The second-order valence-electron chi connectivity index (χ2n) is 6.26. The second kappa shape index (κ2) is 4.82. The maximum Gasteiger partial charge on any atom is 0.230 e. The molecule has 2 saturated heterocycles. The molecule has 2 heterocycles. The number of hydrogen-bond acceptors (Lipinski definition) is 3. The van der Waals surface area contributed by atoms with Gasteiger partial charge in [-0.3, -0.25) is 4.79 Å². The first-order chi connectivity index (χ1) is 8.76. The fraction of sp³-hybridized carbons (Fsp3) is 0.929. The molecule has 1 saturated carbocycles. The molecule has 3 atom stereocenters. The van der Waals surface area contributed by atoms with Crippen LogP contribution in [0.3, 0.4) is 0 Å². The van der Waals surface area contributed by atoms with Crippen molar-refractivity contribution in [2.45, 2.75) is 38.1 Å². The molecule has 4 heteroatoms. The number of carbonyl (C=O) groups excluding carboxylic acids is 1. The van der Waals surface area contributed by atoms with Crippen LogP contribution in [0.2, 0.25) is 0 Å². The molecule has 3 aliphatic rings. The van der Waals surface area contributed by atoms with Crippen LogP contribution in [0.5, 0.6) is 0 Å². The lowest BCUT2D eigenvalue weighted by atomic mass is 9.67. The third-order valence-corrected chi connectivity index (χ3v) is 5.35. The van der Waals surface area contributed by atoms with Gasteiger partial charge >= 0.3 is 0 Å². The monoisotopic (exact) mass is 251 g/mol. The Morgan fingerprint density at radius 1 is 1.39 bits per heavy atom. The molecule has 0 aromatic heterocycles. The van der Waals surface area contributed by atoms with Crippen LogP contribution < -0.4 is 10.6 Å². The number of nitrogens with one attached hydrogen (secondary N) is 2. The number of carbonyl (C=O) groups is 1. The Bertz CT molecular complexity index is 333. The van der Waals surface area contributed by atoms with E-state index in [1.807, 2.05) is 7.05 Å². The number of hydrogen-bond donors (Lipinski definition) is 2. The van der Waals surface area contributed by atoms with Crippen molar-refractivity contribution in [2.75, 3.05) is 33.2 Å². The zero-order valence-corrected chi connectivity index (χ0v) is 11.4. The number of nitrogens with zero attached hydrogens (tertiary/aromatic N) is 1. The van der Waals surface area contributed by atoms with Gasteiger partial charge in [0.1, 0.15) is 0 Å². The van der Waals surface area contributed by atoms with E-state index in [9.17, 15) is 4.79 Å². The zero-order chi connectivity index (χ0) is 12.6. The van der Waals surface area contributed by atoms with E-state index in [1.54, 1.807) is 0 Å². The lowest BCUT2D eigenvalue weighted by Gasteiger charge is -2.39. The van der Waals surface area contributed by atoms with E-state index in [1.165, 1.54) is 19.3 Å². The largest absolute Gasteiger partial charge is 0.341 e. The highest BCUT2D eigenvalue weighted by atomic mass is 16.2.